The van der Waals surface area contributed by atoms with Gasteiger partial charge in [0.2, 0.25) is 0 Å². The zero-order valence-corrected chi connectivity index (χ0v) is 82.4. The van der Waals surface area contributed by atoms with Crippen LogP contribution in [0.3, 0.4) is 0 Å². The van der Waals surface area contributed by atoms with Crippen molar-refractivity contribution >= 4 is 93.0 Å². The fourth-order valence-corrected chi connectivity index (χ4v) is 21.8. The lowest BCUT2D eigenvalue weighted by Crippen LogP contribution is -2.37. The Bertz CT molecular complexity index is 7090. The Labute approximate surface area is 810 Å². The third-order valence-electron chi connectivity index (χ3n) is 29.8. The summed E-state index contributed by atoms with van der Waals surface area (Å²) in [5, 5.41) is 26.4. The van der Waals surface area contributed by atoms with Crippen molar-refractivity contribution in [1.82, 2.24) is 84.3 Å². The number of hydrogen-bond donors (Lipinski definition) is 9. The second-order valence-electron chi connectivity index (χ2n) is 40.2. The number of fused-ring (bicyclic) bond motifs is 9. The number of piperidine rings is 5. The molecule has 1 amide bonds. The quantitative estimate of drug-likeness (QED) is 0.0518. The first-order valence-electron chi connectivity index (χ1n) is 50.0. The first kappa shape index (κ1) is 99.4. The molecule has 14 aromatic rings. The van der Waals surface area contributed by atoms with Gasteiger partial charge in [-0.1, -0.05) is 79.2 Å². The van der Waals surface area contributed by atoms with E-state index in [4.69, 9.17) is 0 Å². The number of H-pyrrole nitrogens is 8. The van der Waals surface area contributed by atoms with E-state index in [0.717, 1.165) is 203 Å². The molecule has 8 aromatic heterocycles. The minimum Gasteiger partial charge on any atom is -0.478 e. The van der Waals surface area contributed by atoms with E-state index in [9.17, 15) is 48.3 Å². The SMILES string of the molecule is CN(C)Cc1cc2ccccc2c(=O)[nH]1.CN1CC=C(c2cc3[nH]ncc3c(=O)[nH]2)CC1.CN1CCC(c2cc3c(C(=O)N(C)C)cccc3c(=O)[nH]2)CC1.CN1CCC(c2cc3c(C(=O)O)cccc3c(=O)[nH]2)CC1.Cc1cccc2c(=O)[nH]c(CCCN3CCCCC3)cc12.Cc1cccc2c(=O)[nH]c([C@@H]3CCN4CCCC4C3)cc12.Cc1cccc2c(=O)[nH]c([C@@H]3CCN4CCCC4C3)cc12. The highest BCUT2D eigenvalue weighted by atomic mass is 16.4. The Morgan fingerprint density at radius 3 is 1.35 bits per heavy atom. The lowest BCUT2D eigenvalue weighted by atomic mass is 9.87. The van der Waals surface area contributed by atoms with Crippen LogP contribution < -0.4 is 38.9 Å². The van der Waals surface area contributed by atoms with Gasteiger partial charge in [0.25, 0.3) is 44.8 Å². The molecule has 8 aliphatic rings. The van der Waals surface area contributed by atoms with Gasteiger partial charge in [-0.3, -0.25) is 43.5 Å². The van der Waals surface area contributed by atoms with Crippen molar-refractivity contribution in [2.24, 2.45) is 0 Å². The van der Waals surface area contributed by atoms with Crippen LogP contribution in [-0.4, -0.2) is 248 Å². The predicted octanol–water partition coefficient (Wildman–Crippen LogP) is 16.2. The average molecular weight is 1880 g/mol. The van der Waals surface area contributed by atoms with E-state index in [-0.39, 0.29) is 50.4 Å². The molecule has 7 saturated heterocycles. The maximum Gasteiger partial charge on any atom is 0.336 e. The number of aromatic amines is 8. The number of hydrogen-bond acceptors (Lipinski definition) is 17. The molecule has 0 saturated carbocycles. The Kier molecular flexibility index (Phi) is 32.6. The van der Waals surface area contributed by atoms with Gasteiger partial charge in [0.15, 0.2) is 0 Å². The lowest BCUT2D eigenvalue weighted by molar-refractivity contribution is 0.0698. The van der Waals surface area contributed by atoms with Crippen LogP contribution in [-0.2, 0) is 13.0 Å². The molecule has 7 fully saturated rings. The summed E-state index contributed by atoms with van der Waals surface area (Å²) in [5.74, 6) is 0.601. The number of benzene rings is 6. The number of aromatic nitrogens is 9. The minimum absolute atomic E-state index is 0.00931. The maximum absolute atomic E-state index is 12.5. The number of carbonyl (C=O) groups excluding carboxylic acids is 1. The van der Waals surface area contributed by atoms with Crippen molar-refractivity contribution in [2.45, 2.75) is 179 Å². The van der Waals surface area contributed by atoms with E-state index in [1.165, 1.54) is 132 Å². The summed E-state index contributed by atoms with van der Waals surface area (Å²) in [4.78, 5) is 148. The topological polar surface area (TPSA) is 339 Å². The van der Waals surface area contributed by atoms with Gasteiger partial charge >= 0.3 is 5.97 Å². The molecule has 2 unspecified atom stereocenters. The number of aryl methyl sites for hydroxylation is 4. The van der Waals surface area contributed by atoms with Crippen LogP contribution in [0.1, 0.15) is 210 Å². The molecule has 730 valence electrons. The van der Waals surface area contributed by atoms with Crippen LogP contribution in [0, 0.1) is 20.8 Å². The number of amides is 1. The van der Waals surface area contributed by atoms with Crippen molar-refractivity contribution in [2.75, 3.05) is 134 Å². The summed E-state index contributed by atoms with van der Waals surface area (Å²) in [6.45, 7) is 21.5. The highest BCUT2D eigenvalue weighted by molar-refractivity contribution is 6.07. The van der Waals surface area contributed by atoms with E-state index >= 15 is 0 Å². The number of likely N-dealkylation sites (N-methyl/N-ethyl adjacent to an activating group) is 1. The molecular weight excluding hydrogens is 1740 g/mol. The predicted molar refractivity (Wildman–Crippen MR) is 561 cm³/mol. The number of rotatable bonds is 13. The molecule has 0 bridgehead atoms. The minimum atomic E-state index is -1.000. The fraction of sp³-hybridized carbons (Fsp3) is 0.429. The highest BCUT2D eigenvalue weighted by Gasteiger charge is 2.35. The molecule has 139 heavy (non-hydrogen) atoms. The van der Waals surface area contributed by atoms with Crippen molar-refractivity contribution in [1.29, 1.82) is 0 Å². The van der Waals surface area contributed by atoms with Gasteiger partial charge in [0.05, 0.1) is 22.7 Å². The van der Waals surface area contributed by atoms with Gasteiger partial charge in [-0.2, -0.15) is 5.10 Å². The van der Waals surface area contributed by atoms with E-state index in [0.29, 0.717) is 50.8 Å². The van der Waals surface area contributed by atoms with Gasteiger partial charge in [-0.15, -0.1) is 0 Å². The summed E-state index contributed by atoms with van der Waals surface area (Å²) in [5.41, 5.74) is 13.1. The second-order valence-corrected chi connectivity index (χ2v) is 40.2. The van der Waals surface area contributed by atoms with Crippen LogP contribution in [0.4, 0.5) is 0 Å². The van der Waals surface area contributed by atoms with Crippen molar-refractivity contribution < 1.29 is 14.7 Å². The van der Waals surface area contributed by atoms with Gasteiger partial charge in [-0.25, -0.2) is 4.79 Å². The largest absolute Gasteiger partial charge is 0.478 e. The second kappa shape index (κ2) is 45.6. The smallest absolute Gasteiger partial charge is 0.336 e. The molecule has 8 aliphatic heterocycles. The molecule has 0 radical (unpaired) electrons. The first-order chi connectivity index (χ1) is 67.1. The molecule has 9 N–H and O–H groups in total. The number of likely N-dealkylation sites (tertiary alicyclic amines) is 3. The van der Waals surface area contributed by atoms with Crippen molar-refractivity contribution in [3.63, 3.8) is 0 Å². The zero-order chi connectivity index (χ0) is 97.7. The van der Waals surface area contributed by atoms with Gasteiger partial charge in [0, 0.05) is 158 Å². The molecule has 0 aliphatic carbocycles. The van der Waals surface area contributed by atoms with Crippen molar-refractivity contribution in [3.05, 3.63) is 310 Å². The molecule has 0 spiro atoms. The maximum atomic E-state index is 12.5. The fourth-order valence-electron chi connectivity index (χ4n) is 21.8. The average Bonchev–Trinajstić information content (AvgIpc) is 1.27. The number of nitrogens with one attached hydrogen (secondary N) is 8. The van der Waals surface area contributed by atoms with E-state index < -0.39 is 5.97 Å². The summed E-state index contributed by atoms with van der Waals surface area (Å²) < 4.78 is 0. The molecular formula is C112H137N17O10. The van der Waals surface area contributed by atoms with E-state index in [1.807, 2.05) is 104 Å². The lowest BCUT2D eigenvalue weighted by Gasteiger charge is -2.34. The number of nitrogens with zero attached hydrogens (tertiary/aromatic N) is 9. The summed E-state index contributed by atoms with van der Waals surface area (Å²) >= 11 is 0. The van der Waals surface area contributed by atoms with Crippen LogP contribution in [0.15, 0.2) is 204 Å². The van der Waals surface area contributed by atoms with Gasteiger partial charge in [0.1, 0.15) is 0 Å². The monoisotopic (exact) mass is 1880 g/mol. The summed E-state index contributed by atoms with van der Waals surface area (Å²) in [6.07, 6.45) is 24.9. The van der Waals surface area contributed by atoms with Gasteiger partial charge < -0.3 is 79.2 Å². The van der Waals surface area contributed by atoms with Crippen molar-refractivity contribution in [3.8, 4) is 0 Å². The van der Waals surface area contributed by atoms with Crippen LogP contribution in [0.2, 0.25) is 0 Å². The number of carboxylic acids is 1. The van der Waals surface area contributed by atoms with E-state index in [2.05, 4.69) is 159 Å². The van der Waals surface area contributed by atoms with Crippen LogP contribution in [0.5, 0.6) is 0 Å². The third-order valence-corrected chi connectivity index (χ3v) is 29.8. The van der Waals surface area contributed by atoms with E-state index in [1.54, 1.807) is 61.6 Å². The number of aromatic carboxylic acids is 1. The number of carbonyl (C=O) groups is 2. The third kappa shape index (κ3) is 24.3. The first-order valence-corrected chi connectivity index (χ1v) is 50.0. The van der Waals surface area contributed by atoms with Crippen LogP contribution in [0.25, 0.3) is 81.1 Å². The molecule has 27 heteroatoms. The Morgan fingerprint density at radius 1 is 0.403 bits per heavy atom. The molecule has 22 rings (SSSR count). The standard InChI is InChI=1S/C18H23N3O2.2C18H22N2O.C18H24N2O.C16H18N2O3.C12H14N4O.C12H14N2O/c1-20(2)18(23)14-6-4-5-13-15(14)11-16(19-17(13)22)12-7-9-21(3)10-8-12;2*1-12-4-2-6-15-16(12)11-17(19-18(15)21)13-7-9-20-8-3-5-14(20)10-13;1-14-7-5-9-16-17(14)13-15(19-18(16)21)8-6-12-20-10-3-2-4-11-20;1-18-7-5-10(6-8-18)14-9-13-11(15(19)17-14)3-2-4-12(13)16(20)21;1-16-4-2-8(3-5-16)10-6-11-9(7-13-15-11)12(17)14-10;1-14(2)8-10-7-9-5-3-4-6-11(9)12(15)13-10/h4-6,11-12H,7-10H2,1-3H3,(H,19,22);2*2,4,6,11,13-14H,3,5,7-10H2,1H3,(H,19,21);5,7,9,13H,2-4,6,8,10-12H2,1H3,(H,19,21);2-4,9-10H,5-8H2,1H3,(H,17,19)(H,20,21);2,6-7H,3-5H2,1H3,(H,13,15)(H,14,17);3-7H,8H2,1-2H3,(H,13,15)/t;2*13-,14?;;;;/m.11..../s1. The molecule has 4 atom stereocenters. The summed E-state index contributed by atoms with van der Waals surface area (Å²) in [7, 11) is 13.7. The molecule has 6 aromatic carbocycles. The highest BCUT2D eigenvalue weighted by Crippen LogP contribution is 2.39. The normalized spacial score (nSPS) is 19.1. The Balaban J connectivity index is 0.000000117. The van der Waals surface area contributed by atoms with Gasteiger partial charge in [-0.05, 0) is 372 Å². The Hall–Kier alpha value is -12.6. The Morgan fingerprint density at radius 2 is 0.842 bits per heavy atom. The zero-order valence-electron chi connectivity index (χ0n) is 82.4. The summed E-state index contributed by atoms with van der Waals surface area (Å²) in [6, 6.07) is 51.5. The number of carboxylic acid groups (broad SMARTS) is 1. The molecule has 27 nitrogen and oxygen atoms in total. The molecule has 16 heterocycles. The number of pyridine rings is 7. The van der Waals surface area contributed by atoms with Crippen LogP contribution >= 0.6 is 0 Å².